The van der Waals surface area contributed by atoms with Crippen molar-refractivity contribution in [3.8, 4) is 0 Å². The Morgan fingerprint density at radius 1 is 0.304 bits per heavy atom. The summed E-state index contributed by atoms with van der Waals surface area (Å²) in [4.78, 5) is 72.7. The summed E-state index contributed by atoms with van der Waals surface area (Å²) < 4.78 is 68.4. The first kappa shape index (κ1) is 90.1. The van der Waals surface area contributed by atoms with E-state index in [4.69, 9.17) is 37.0 Å². The van der Waals surface area contributed by atoms with Crippen LogP contribution in [-0.4, -0.2) is 96.7 Å². The third-order valence-electron chi connectivity index (χ3n) is 17.2. The number of carbonyl (C=O) groups excluding carboxylic acids is 4. The standard InChI is InChI=1S/C73H142O17P2/c1-9-66(8)52-44-36-28-22-23-31-40-48-56-73(78)90-68(59-83-70(75)53-45-37-29-21-17-19-26-34-42-50-64(4)5)61-87-91(79,80)85-57-67(74)58-86-92(81,82)88-62-69(60-84-71(76)54-46-38-32-24-27-35-43-51-65(6)7)89-72(77)55-47-39-30-20-16-14-12-10-11-13-15-18-25-33-41-49-63(2)3/h63-69,74H,9-62H2,1-8H3,(H,79,80)(H,81,82)/t66?,67?,68-,69-/m1/s1. The van der Waals surface area contributed by atoms with E-state index in [-0.39, 0.29) is 25.7 Å². The van der Waals surface area contributed by atoms with Crippen LogP contribution in [0, 0.1) is 23.7 Å². The number of aliphatic hydroxyl groups is 1. The zero-order valence-electron chi connectivity index (χ0n) is 60.2. The number of rotatable bonds is 70. The fourth-order valence-corrected chi connectivity index (χ4v) is 12.6. The topological polar surface area (TPSA) is 237 Å². The lowest BCUT2D eigenvalue weighted by molar-refractivity contribution is -0.161. The lowest BCUT2D eigenvalue weighted by Crippen LogP contribution is -2.30. The second-order valence-electron chi connectivity index (χ2n) is 28.0. The van der Waals surface area contributed by atoms with Crippen LogP contribution in [0.3, 0.4) is 0 Å². The van der Waals surface area contributed by atoms with Crippen molar-refractivity contribution in [2.24, 2.45) is 23.7 Å². The number of ether oxygens (including phenoxy) is 4. The minimum Gasteiger partial charge on any atom is -0.462 e. The molecule has 546 valence electrons. The van der Waals surface area contributed by atoms with Crippen LogP contribution in [0.4, 0.5) is 0 Å². The Labute approximate surface area is 562 Å². The van der Waals surface area contributed by atoms with Gasteiger partial charge in [0.15, 0.2) is 12.2 Å². The molecule has 6 atom stereocenters. The quantitative estimate of drug-likeness (QED) is 0.0222. The fourth-order valence-electron chi connectivity index (χ4n) is 11.0. The molecule has 0 aromatic carbocycles. The molecule has 4 unspecified atom stereocenters. The molecular formula is C73H142O17P2. The zero-order valence-corrected chi connectivity index (χ0v) is 62.0. The van der Waals surface area contributed by atoms with Gasteiger partial charge in [-0.25, -0.2) is 9.13 Å². The van der Waals surface area contributed by atoms with E-state index in [2.05, 4.69) is 55.4 Å². The second-order valence-corrected chi connectivity index (χ2v) is 30.9. The van der Waals surface area contributed by atoms with Crippen LogP contribution in [0.2, 0.25) is 0 Å². The number of phosphoric acid groups is 2. The number of unbranched alkanes of at least 4 members (excludes halogenated alkanes) is 35. The molecule has 0 amide bonds. The van der Waals surface area contributed by atoms with Gasteiger partial charge in [-0.15, -0.1) is 0 Å². The Balaban J connectivity index is 5.23. The van der Waals surface area contributed by atoms with Gasteiger partial charge in [-0.05, 0) is 49.4 Å². The maximum atomic E-state index is 13.0. The monoisotopic (exact) mass is 1350 g/mol. The Kier molecular flexibility index (Phi) is 61.3. The van der Waals surface area contributed by atoms with E-state index in [9.17, 15) is 43.2 Å². The van der Waals surface area contributed by atoms with Gasteiger partial charge in [0.2, 0.25) is 0 Å². The van der Waals surface area contributed by atoms with Crippen LogP contribution < -0.4 is 0 Å². The number of hydrogen-bond donors (Lipinski definition) is 3. The van der Waals surface area contributed by atoms with E-state index in [1.54, 1.807) is 0 Å². The van der Waals surface area contributed by atoms with E-state index in [0.29, 0.717) is 31.6 Å². The minimum atomic E-state index is -4.95. The summed E-state index contributed by atoms with van der Waals surface area (Å²) in [5, 5.41) is 10.6. The van der Waals surface area contributed by atoms with Crippen molar-refractivity contribution in [2.75, 3.05) is 39.6 Å². The Morgan fingerprint density at radius 2 is 0.522 bits per heavy atom. The van der Waals surface area contributed by atoms with E-state index in [0.717, 1.165) is 114 Å². The molecule has 0 fully saturated rings. The molecule has 0 saturated heterocycles. The molecule has 92 heavy (non-hydrogen) atoms. The van der Waals surface area contributed by atoms with Gasteiger partial charge in [-0.2, -0.15) is 0 Å². The van der Waals surface area contributed by atoms with Crippen LogP contribution in [0.15, 0.2) is 0 Å². The van der Waals surface area contributed by atoms with Crippen LogP contribution in [0.1, 0.15) is 364 Å². The summed E-state index contributed by atoms with van der Waals surface area (Å²) in [6.07, 6.45) is 45.9. The summed E-state index contributed by atoms with van der Waals surface area (Å²) in [6, 6.07) is 0. The fraction of sp³-hybridized carbons (Fsp3) is 0.945. The van der Waals surface area contributed by atoms with Gasteiger partial charge >= 0.3 is 39.5 Å². The molecule has 0 aromatic rings. The number of esters is 4. The molecule has 0 aromatic heterocycles. The molecule has 17 nitrogen and oxygen atoms in total. The predicted octanol–water partition coefficient (Wildman–Crippen LogP) is 20.9. The van der Waals surface area contributed by atoms with Gasteiger partial charge in [0.1, 0.15) is 19.3 Å². The molecule has 19 heteroatoms. The Bertz CT molecular complexity index is 1820. The van der Waals surface area contributed by atoms with Crippen molar-refractivity contribution >= 4 is 39.5 Å². The van der Waals surface area contributed by atoms with Crippen molar-refractivity contribution in [1.82, 2.24) is 0 Å². The van der Waals surface area contributed by atoms with Crippen molar-refractivity contribution < 1.29 is 80.2 Å². The van der Waals surface area contributed by atoms with Crippen molar-refractivity contribution in [1.29, 1.82) is 0 Å². The first-order valence-electron chi connectivity index (χ1n) is 37.7. The summed E-state index contributed by atoms with van der Waals surface area (Å²) in [6.45, 7) is 14.1. The summed E-state index contributed by atoms with van der Waals surface area (Å²) in [7, 11) is -9.91. The highest BCUT2D eigenvalue weighted by Gasteiger charge is 2.30. The molecular weight excluding hydrogens is 1210 g/mol. The molecule has 0 spiro atoms. The first-order valence-corrected chi connectivity index (χ1v) is 40.7. The highest BCUT2D eigenvalue weighted by atomic mass is 31.2. The molecule has 0 saturated carbocycles. The molecule has 3 N–H and O–H groups in total. The summed E-state index contributed by atoms with van der Waals surface area (Å²) in [5.41, 5.74) is 0. The third kappa shape index (κ3) is 65.4. The predicted molar refractivity (Wildman–Crippen MR) is 372 cm³/mol. The van der Waals surface area contributed by atoms with E-state index >= 15 is 0 Å². The normalized spacial score (nSPS) is 14.5. The number of aliphatic hydroxyl groups excluding tert-OH is 1. The lowest BCUT2D eigenvalue weighted by atomic mass is 9.99. The third-order valence-corrected chi connectivity index (χ3v) is 19.1. The van der Waals surface area contributed by atoms with Crippen molar-refractivity contribution in [3.63, 3.8) is 0 Å². The summed E-state index contributed by atoms with van der Waals surface area (Å²) in [5.74, 6) is 0.894. The maximum Gasteiger partial charge on any atom is 0.472 e. The van der Waals surface area contributed by atoms with E-state index < -0.39 is 97.5 Å². The zero-order chi connectivity index (χ0) is 68.2. The van der Waals surface area contributed by atoms with Gasteiger partial charge < -0.3 is 33.8 Å². The van der Waals surface area contributed by atoms with Gasteiger partial charge in [-0.1, -0.05) is 312 Å². The Hall–Kier alpha value is -1.94. The molecule has 0 aliphatic heterocycles. The number of hydrogen-bond acceptors (Lipinski definition) is 15. The molecule has 0 heterocycles. The SMILES string of the molecule is CCC(C)CCCCCCCCCCC(=O)O[C@H](COC(=O)CCCCCCCCCCCC(C)C)COP(=O)(O)OCC(O)COP(=O)(O)OC[C@@H](COC(=O)CCCCCCCCCC(C)C)OC(=O)CCCCCCCCCCCCCCCCCC(C)C. The van der Waals surface area contributed by atoms with Crippen LogP contribution in [-0.2, 0) is 65.4 Å². The minimum absolute atomic E-state index is 0.104. The number of phosphoric ester groups is 2. The first-order chi connectivity index (χ1) is 44.1. The van der Waals surface area contributed by atoms with E-state index in [1.165, 1.54) is 161 Å². The average Bonchev–Trinajstić information content (AvgIpc) is 2.25. The smallest absolute Gasteiger partial charge is 0.462 e. The molecule has 0 radical (unpaired) electrons. The maximum absolute atomic E-state index is 13.0. The highest BCUT2D eigenvalue weighted by molar-refractivity contribution is 7.47. The summed E-state index contributed by atoms with van der Waals surface area (Å²) >= 11 is 0. The molecule has 0 aliphatic rings. The molecule has 0 bridgehead atoms. The largest absolute Gasteiger partial charge is 0.472 e. The number of carbonyl (C=O) groups is 4. The lowest BCUT2D eigenvalue weighted by Gasteiger charge is -2.21. The average molecular weight is 1350 g/mol. The van der Waals surface area contributed by atoms with Crippen LogP contribution in [0.25, 0.3) is 0 Å². The van der Waals surface area contributed by atoms with Gasteiger partial charge in [0.25, 0.3) is 0 Å². The van der Waals surface area contributed by atoms with Crippen molar-refractivity contribution in [3.05, 3.63) is 0 Å². The van der Waals surface area contributed by atoms with Crippen molar-refractivity contribution in [2.45, 2.75) is 382 Å². The van der Waals surface area contributed by atoms with Gasteiger partial charge in [0, 0.05) is 25.7 Å². The van der Waals surface area contributed by atoms with Crippen LogP contribution in [0.5, 0.6) is 0 Å². The molecule has 0 rings (SSSR count). The highest BCUT2D eigenvalue weighted by Crippen LogP contribution is 2.45. The molecule has 0 aliphatic carbocycles. The van der Waals surface area contributed by atoms with E-state index in [1.807, 2.05) is 0 Å². The van der Waals surface area contributed by atoms with Gasteiger partial charge in [0.05, 0.1) is 26.4 Å². The van der Waals surface area contributed by atoms with Gasteiger partial charge in [-0.3, -0.25) is 37.3 Å². The van der Waals surface area contributed by atoms with Crippen LogP contribution >= 0.6 is 15.6 Å². The second kappa shape index (κ2) is 62.6. The Morgan fingerprint density at radius 3 is 0.772 bits per heavy atom.